The molecule has 0 aromatic heterocycles. The summed E-state index contributed by atoms with van der Waals surface area (Å²) in [5.41, 5.74) is -0.591. The molecule has 1 aliphatic rings. The summed E-state index contributed by atoms with van der Waals surface area (Å²) in [6.07, 6.45) is 0.660. The van der Waals surface area contributed by atoms with E-state index in [1.54, 1.807) is 7.11 Å². The summed E-state index contributed by atoms with van der Waals surface area (Å²) in [5.74, 6) is -2.07. The van der Waals surface area contributed by atoms with Crippen molar-refractivity contribution in [3.63, 3.8) is 0 Å². The van der Waals surface area contributed by atoms with Crippen molar-refractivity contribution in [2.24, 2.45) is 0 Å². The predicted octanol–water partition coefficient (Wildman–Crippen LogP) is 1.78. The highest BCUT2D eigenvalue weighted by molar-refractivity contribution is 6.00. The van der Waals surface area contributed by atoms with Crippen molar-refractivity contribution in [1.29, 1.82) is 0 Å². The number of para-hydroxylation sites is 1. The molecule has 1 aliphatic heterocycles. The van der Waals surface area contributed by atoms with Gasteiger partial charge in [-0.1, -0.05) is 6.07 Å². The average Bonchev–Trinajstić information content (AvgIpc) is 2.89. The normalized spacial score (nSPS) is 18.1. The molecule has 1 saturated heterocycles. The molecule has 1 heterocycles. The van der Waals surface area contributed by atoms with E-state index in [2.05, 4.69) is 5.32 Å². The zero-order valence-electron chi connectivity index (χ0n) is 10.9. The van der Waals surface area contributed by atoms with Crippen LogP contribution in [0, 0.1) is 5.82 Å². The lowest BCUT2D eigenvalue weighted by Crippen LogP contribution is -2.34. The van der Waals surface area contributed by atoms with Gasteiger partial charge < -0.3 is 20.1 Å². The Morgan fingerprint density at radius 2 is 2.25 bits per heavy atom. The van der Waals surface area contributed by atoms with Crippen molar-refractivity contribution in [3.8, 4) is 0 Å². The molecular weight excluding hydrogens is 267 g/mol. The quantitative estimate of drug-likeness (QED) is 0.885. The summed E-state index contributed by atoms with van der Waals surface area (Å²) in [7, 11) is 1.56. The van der Waals surface area contributed by atoms with E-state index in [1.807, 2.05) is 0 Å². The molecule has 20 heavy (non-hydrogen) atoms. The number of urea groups is 1. The van der Waals surface area contributed by atoms with E-state index < -0.39 is 17.8 Å². The fourth-order valence-corrected chi connectivity index (χ4v) is 2.12. The van der Waals surface area contributed by atoms with E-state index in [0.29, 0.717) is 19.5 Å². The summed E-state index contributed by atoms with van der Waals surface area (Å²) >= 11 is 0. The Labute approximate surface area is 115 Å². The van der Waals surface area contributed by atoms with Gasteiger partial charge in [-0.25, -0.2) is 14.0 Å². The molecule has 1 aromatic rings. The first-order valence-electron chi connectivity index (χ1n) is 6.13. The van der Waals surface area contributed by atoms with Crippen molar-refractivity contribution < 1.29 is 23.8 Å². The van der Waals surface area contributed by atoms with Gasteiger partial charge in [0, 0.05) is 20.2 Å². The number of likely N-dealkylation sites (tertiary alicyclic amines) is 1. The van der Waals surface area contributed by atoms with E-state index in [0.717, 1.165) is 6.07 Å². The summed E-state index contributed by atoms with van der Waals surface area (Å²) in [5, 5.41) is 11.3. The van der Waals surface area contributed by atoms with E-state index in [4.69, 9.17) is 9.84 Å². The Hall–Kier alpha value is -2.15. The third kappa shape index (κ3) is 2.88. The Morgan fingerprint density at radius 1 is 1.50 bits per heavy atom. The Morgan fingerprint density at radius 3 is 2.85 bits per heavy atom. The monoisotopic (exact) mass is 282 g/mol. The fourth-order valence-electron chi connectivity index (χ4n) is 2.12. The lowest BCUT2D eigenvalue weighted by molar-refractivity contribution is 0.0697. The van der Waals surface area contributed by atoms with Crippen molar-refractivity contribution in [2.45, 2.75) is 12.5 Å². The highest BCUT2D eigenvalue weighted by atomic mass is 19.1. The van der Waals surface area contributed by atoms with Crippen LogP contribution in [0.3, 0.4) is 0 Å². The minimum Gasteiger partial charge on any atom is -0.478 e. The second kappa shape index (κ2) is 5.87. The molecule has 1 fully saturated rings. The summed E-state index contributed by atoms with van der Waals surface area (Å²) in [6, 6.07) is 3.09. The molecule has 1 aromatic carbocycles. The number of carboxylic acid groups (broad SMARTS) is 1. The second-order valence-corrected chi connectivity index (χ2v) is 4.49. The first-order chi connectivity index (χ1) is 9.52. The van der Waals surface area contributed by atoms with Crippen LogP contribution < -0.4 is 5.32 Å². The molecule has 1 unspecified atom stereocenters. The van der Waals surface area contributed by atoms with Gasteiger partial charge in [-0.3, -0.25) is 0 Å². The number of nitrogens with zero attached hydrogens (tertiary/aromatic N) is 1. The molecule has 2 rings (SSSR count). The maximum atomic E-state index is 13.7. The predicted molar refractivity (Wildman–Crippen MR) is 69.4 cm³/mol. The standard InChI is InChI=1S/C13H15FN2O4/c1-20-8-5-6-16(7-8)13(19)15-11-9(12(17)18)3-2-4-10(11)14/h2-4,8H,5-7H2,1H3,(H,15,19)(H,17,18). The molecule has 7 heteroatoms. The smallest absolute Gasteiger partial charge is 0.337 e. The number of rotatable bonds is 3. The largest absolute Gasteiger partial charge is 0.478 e. The van der Waals surface area contributed by atoms with Crippen LogP contribution in [-0.2, 0) is 4.74 Å². The molecule has 108 valence electrons. The van der Waals surface area contributed by atoms with Crippen LogP contribution in [0.4, 0.5) is 14.9 Å². The molecule has 2 N–H and O–H groups in total. The van der Waals surface area contributed by atoms with Crippen LogP contribution in [0.5, 0.6) is 0 Å². The first-order valence-corrected chi connectivity index (χ1v) is 6.13. The van der Waals surface area contributed by atoms with Gasteiger partial charge in [-0.15, -0.1) is 0 Å². The van der Waals surface area contributed by atoms with Gasteiger partial charge in [-0.05, 0) is 18.6 Å². The number of carbonyl (C=O) groups is 2. The highest BCUT2D eigenvalue weighted by Crippen LogP contribution is 2.21. The van der Waals surface area contributed by atoms with Crippen LogP contribution >= 0.6 is 0 Å². The van der Waals surface area contributed by atoms with Crippen LogP contribution in [0.15, 0.2) is 18.2 Å². The number of ether oxygens (including phenoxy) is 1. The molecule has 0 saturated carbocycles. The van der Waals surface area contributed by atoms with E-state index >= 15 is 0 Å². The molecule has 6 nitrogen and oxygen atoms in total. The third-order valence-corrected chi connectivity index (χ3v) is 3.24. The van der Waals surface area contributed by atoms with E-state index in [9.17, 15) is 14.0 Å². The lowest BCUT2D eigenvalue weighted by atomic mass is 10.1. The van der Waals surface area contributed by atoms with Crippen LogP contribution in [-0.4, -0.2) is 48.3 Å². The van der Waals surface area contributed by atoms with Gasteiger partial charge in [0.1, 0.15) is 5.82 Å². The van der Waals surface area contributed by atoms with Gasteiger partial charge in [0.2, 0.25) is 0 Å². The van der Waals surface area contributed by atoms with Crippen molar-refractivity contribution >= 4 is 17.7 Å². The number of methoxy groups -OCH3 is 1. The van der Waals surface area contributed by atoms with Crippen LogP contribution in [0.1, 0.15) is 16.8 Å². The van der Waals surface area contributed by atoms with Gasteiger partial charge in [0.25, 0.3) is 0 Å². The lowest BCUT2D eigenvalue weighted by Gasteiger charge is -2.18. The summed E-state index contributed by atoms with van der Waals surface area (Å²) in [6.45, 7) is 0.889. The number of hydrogen-bond donors (Lipinski definition) is 2. The maximum absolute atomic E-state index is 13.7. The molecule has 0 bridgehead atoms. The number of carboxylic acids is 1. The first kappa shape index (κ1) is 14.3. The Kier molecular flexibility index (Phi) is 4.19. The summed E-state index contributed by atoms with van der Waals surface area (Å²) < 4.78 is 18.8. The number of nitrogens with one attached hydrogen (secondary N) is 1. The second-order valence-electron chi connectivity index (χ2n) is 4.49. The van der Waals surface area contributed by atoms with Gasteiger partial charge in [-0.2, -0.15) is 0 Å². The molecule has 2 amide bonds. The molecule has 0 aliphatic carbocycles. The fraction of sp³-hybridized carbons (Fsp3) is 0.385. The number of anilines is 1. The Bertz CT molecular complexity index is 535. The zero-order valence-corrected chi connectivity index (χ0v) is 10.9. The van der Waals surface area contributed by atoms with Crippen molar-refractivity contribution in [1.82, 2.24) is 4.90 Å². The van der Waals surface area contributed by atoms with Crippen molar-refractivity contribution in [2.75, 3.05) is 25.5 Å². The average molecular weight is 282 g/mol. The Balaban J connectivity index is 2.14. The minimum absolute atomic E-state index is 0.0414. The highest BCUT2D eigenvalue weighted by Gasteiger charge is 2.27. The number of carbonyl (C=O) groups excluding carboxylic acids is 1. The number of amides is 2. The molecular formula is C13H15FN2O4. The summed E-state index contributed by atoms with van der Waals surface area (Å²) in [4.78, 5) is 24.5. The zero-order chi connectivity index (χ0) is 14.7. The number of aromatic carboxylic acids is 1. The van der Waals surface area contributed by atoms with Gasteiger partial charge in [0.15, 0.2) is 0 Å². The third-order valence-electron chi connectivity index (χ3n) is 3.24. The molecule has 0 radical (unpaired) electrons. The van der Waals surface area contributed by atoms with Crippen LogP contribution in [0.25, 0.3) is 0 Å². The number of hydrogen-bond acceptors (Lipinski definition) is 3. The van der Waals surface area contributed by atoms with Gasteiger partial charge in [0.05, 0.1) is 17.4 Å². The maximum Gasteiger partial charge on any atom is 0.337 e. The number of benzene rings is 1. The molecule has 1 atom stereocenters. The van der Waals surface area contributed by atoms with Crippen molar-refractivity contribution in [3.05, 3.63) is 29.6 Å². The van der Waals surface area contributed by atoms with Gasteiger partial charge >= 0.3 is 12.0 Å². The van der Waals surface area contributed by atoms with E-state index in [1.165, 1.54) is 17.0 Å². The minimum atomic E-state index is -1.30. The topological polar surface area (TPSA) is 78.9 Å². The number of halogens is 1. The van der Waals surface area contributed by atoms with Crippen LogP contribution in [0.2, 0.25) is 0 Å². The molecule has 0 spiro atoms. The van der Waals surface area contributed by atoms with E-state index in [-0.39, 0.29) is 17.4 Å². The SMILES string of the molecule is COC1CCN(C(=O)Nc2c(F)cccc2C(=O)O)C1.